The third-order valence-corrected chi connectivity index (χ3v) is 5.32. The van der Waals surface area contributed by atoms with Crippen molar-refractivity contribution < 1.29 is 0 Å². The van der Waals surface area contributed by atoms with Crippen LogP contribution >= 0.6 is 0 Å². The number of hydrogen-bond donors (Lipinski definition) is 0. The fraction of sp³-hybridized carbons (Fsp3) is 0.913. The third-order valence-electron chi connectivity index (χ3n) is 5.32. The average Bonchev–Trinajstić information content (AvgIpc) is 2.56. The van der Waals surface area contributed by atoms with Gasteiger partial charge >= 0.3 is 0 Å². The van der Waals surface area contributed by atoms with Gasteiger partial charge < -0.3 is 0 Å². The first kappa shape index (κ1) is 22.7. The first-order valence-corrected chi connectivity index (χ1v) is 10.9. The highest BCUT2D eigenvalue weighted by Crippen LogP contribution is 2.19. The summed E-state index contributed by atoms with van der Waals surface area (Å²) in [6, 6.07) is 0. The highest BCUT2D eigenvalue weighted by molar-refractivity contribution is 4.93. The lowest BCUT2D eigenvalue weighted by Gasteiger charge is -2.10. The van der Waals surface area contributed by atoms with E-state index in [4.69, 9.17) is 0 Å². The highest BCUT2D eigenvalue weighted by Gasteiger charge is 2.01. The van der Waals surface area contributed by atoms with Crippen LogP contribution in [0.5, 0.6) is 0 Å². The van der Waals surface area contributed by atoms with Crippen LogP contribution in [0.25, 0.3) is 0 Å². The molecule has 0 amide bonds. The minimum Gasteiger partial charge on any atom is -0.0999 e. The van der Waals surface area contributed by atoms with Gasteiger partial charge in [-0.3, -0.25) is 0 Å². The molecule has 0 radical (unpaired) electrons. The first-order chi connectivity index (χ1) is 11.2. The zero-order valence-electron chi connectivity index (χ0n) is 16.8. The van der Waals surface area contributed by atoms with Crippen LogP contribution in [-0.4, -0.2) is 0 Å². The molecule has 1 atom stereocenters. The summed E-state index contributed by atoms with van der Waals surface area (Å²) in [5.41, 5.74) is 1.49. The van der Waals surface area contributed by atoms with E-state index < -0.39 is 0 Å². The van der Waals surface area contributed by atoms with Gasteiger partial charge in [0.1, 0.15) is 0 Å². The minimum absolute atomic E-state index is 0.874. The highest BCUT2D eigenvalue weighted by atomic mass is 14.1. The van der Waals surface area contributed by atoms with Gasteiger partial charge in [-0.15, -0.1) is 0 Å². The van der Waals surface area contributed by atoms with Gasteiger partial charge in [0.25, 0.3) is 0 Å². The molecule has 0 aromatic heterocycles. The van der Waals surface area contributed by atoms with Crippen LogP contribution in [0.2, 0.25) is 0 Å². The Morgan fingerprint density at radius 3 is 1.52 bits per heavy atom. The molecule has 0 rings (SSSR count). The molecule has 0 nitrogen and oxygen atoms in total. The molecule has 0 aromatic rings. The molecular formula is C23H46. The van der Waals surface area contributed by atoms with Crippen LogP contribution in [0, 0.1) is 5.92 Å². The lowest BCUT2D eigenvalue weighted by molar-refractivity contribution is 0.506. The summed E-state index contributed by atoms with van der Waals surface area (Å²) in [5.74, 6) is 0.874. The molecule has 0 unspecified atom stereocenters. The first-order valence-electron chi connectivity index (χ1n) is 10.9. The normalized spacial score (nSPS) is 12.5. The second-order valence-electron chi connectivity index (χ2n) is 7.79. The lowest BCUT2D eigenvalue weighted by Crippen LogP contribution is -1.93. The van der Waals surface area contributed by atoms with Gasteiger partial charge in [0.15, 0.2) is 0 Å². The predicted molar refractivity (Wildman–Crippen MR) is 108 cm³/mol. The summed E-state index contributed by atoms with van der Waals surface area (Å²) in [4.78, 5) is 0. The van der Waals surface area contributed by atoms with Crippen molar-refractivity contribution in [3.05, 3.63) is 12.2 Å². The van der Waals surface area contributed by atoms with E-state index in [1.54, 1.807) is 0 Å². The molecule has 0 saturated carbocycles. The predicted octanol–water partition coefficient (Wildman–Crippen LogP) is 8.85. The molecule has 0 aromatic carbocycles. The summed E-state index contributed by atoms with van der Waals surface area (Å²) in [6.45, 7) is 11.2. The molecule has 0 N–H and O–H groups in total. The Morgan fingerprint density at radius 2 is 1.09 bits per heavy atom. The molecule has 23 heavy (non-hydrogen) atoms. The van der Waals surface area contributed by atoms with E-state index in [2.05, 4.69) is 27.4 Å². The van der Waals surface area contributed by atoms with Crippen LogP contribution in [0.15, 0.2) is 12.2 Å². The average molecular weight is 323 g/mol. The third kappa shape index (κ3) is 17.9. The Bertz CT molecular complexity index is 240. The second-order valence-corrected chi connectivity index (χ2v) is 7.79. The van der Waals surface area contributed by atoms with E-state index in [9.17, 15) is 0 Å². The van der Waals surface area contributed by atoms with Crippen molar-refractivity contribution in [1.82, 2.24) is 0 Å². The van der Waals surface area contributed by atoms with Gasteiger partial charge in [-0.05, 0) is 31.6 Å². The van der Waals surface area contributed by atoms with Crippen LogP contribution in [0.3, 0.4) is 0 Å². The molecule has 0 saturated heterocycles. The van der Waals surface area contributed by atoms with Gasteiger partial charge in [0.2, 0.25) is 0 Å². The van der Waals surface area contributed by atoms with Crippen molar-refractivity contribution in [2.45, 2.75) is 130 Å². The van der Waals surface area contributed by atoms with Crippen LogP contribution in [0.1, 0.15) is 130 Å². The Hall–Kier alpha value is -0.260. The Labute approximate surface area is 148 Å². The summed E-state index contributed by atoms with van der Waals surface area (Å²) < 4.78 is 0. The molecule has 0 fully saturated rings. The smallest absolute Gasteiger partial charge is 0.0320 e. The Balaban J connectivity index is 3.14. The SMILES string of the molecule is C=C(CCCCCCCCCCCCCCC)CC[C@@H](C)CC. The molecule has 0 aliphatic heterocycles. The number of rotatable bonds is 18. The number of allylic oxidation sites excluding steroid dienone is 1. The van der Waals surface area contributed by atoms with Crippen molar-refractivity contribution in [3.8, 4) is 0 Å². The fourth-order valence-corrected chi connectivity index (χ4v) is 3.17. The monoisotopic (exact) mass is 322 g/mol. The zero-order valence-corrected chi connectivity index (χ0v) is 16.8. The molecule has 138 valence electrons. The summed E-state index contributed by atoms with van der Waals surface area (Å²) in [5, 5.41) is 0. The van der Waals surface area contributed by atoms with E-state index in [1.807, 2.05) is 0 Å². The lowest BCUT2D eigenvalue weighted by atomic mass is 9.96. The maximum Gasteiger partial charge on any atom is -0.0320 e. The summed E-state index contributed by atoms with van der Waals surface area (Å²) in [6.07, 6.45) is 23.9. The quantitative estimate of drug-likeness (QED) is 0.174. The van der Waals surface area contributed by atoms with Crippen molar-refractivity contribution >= 4 is 0 Å². The van der Waals surface area contributed by atoms with E-state index in [-0.39, 0.29) is 0 Å². The Kier molecular flexibility index (Phi) is 17.9. The van der Waals surface area contributed by atoms with Crippen molar-refractivity contribution in [3.63, 3.8) is 0 Å². The maximum absolute atomic E-state index is 4.26. The number of unbranched alkanes of at least 4 members (excludes halogenated alkanes) is 12. The molecule has 0 heterocycles. The van der Waals surface area contributed by atoms with Gasteiger partial charge in [0, 0.05) is 0 Å². The zero-order chi connectivity index (χ0) is 17.2. The maximum atomic E-state index is 4.26. The topological polar surface area (TPSA) is 0 Å². The van der Waals surface area contributed by atoms with E-state index in [0.717, 1.165) is 5.92 Å². The Morgan fingerprint density at radius 1 is 0.652 bits per heavy atom. The molecule has 0 spiro atoms. The molecule has 0 aliphatic rings. The van der Waals surface area contributed by atoms with E-state index in [0.29, 0.717) is 0 Å². The molecule has 0 bridgehead atoms. The summed E-state index contributed by atoms with van der Waals surface area (Å²) >= 11 is 0. The molecule has 0 aliphatic carbocycles. The van der Waals surface area contributed by atoms with E-state index >= 15 is 0 Å². The number of hydrogen-bond acceptors (Lipinski definition) is 0. The van der Waals surface area contributed by atoms with Crippen LogP contribution in [-0.2, 0) is 0 Å². The van der Waals surface area contributed by atoms with Crippen molar-refractivity contribution in [2.24, 2.45) is 5.92 Å². The van der Waals surface area contributed by atoms with Crippen molar-refractivity contribution in [2.75, 3.05) is 0 Å². The standard InChI is InChI=1S/C23H46/c1-5-7-8-9-10-11-12-13-14-15-16-17-18-19-23(4)21-20-22(3)6-2/h22H,4-21H2,1-3H3/t22-/m0/s1. The fourth-order valence-electron chi connectivity index (χ4n) is 3.17. The van der Waals surface area contributed by atoms with Gasteiger partial charge in [0.05, 0.1) is 0 Å². The van der Waals surface area contributed by atoms with Gasteiger partial charge in [-0.25, -0.2) is 0 Å². The van der Waals surface area contributed by atoms with Gasteiger partial charge in [-0.2, -0.15) is 0 Å². The van der Waals surface area contributed by atoms with Crippen LogP contribution in [0.4, 0.5) is 0 Å². The van der Waals surface area contributed by atoms with Gasteiger partial charge in [-0.1, -0.05) is 116 Å². The second kappa shape index (κ2) is 18.1. The minimum atomic E-state index is 0.874. The molecular weight excluding hydrogens is 276 g/mol. The van der Waals surface area contributed by atoms with E-state index in [1.165, 1.54) is 115 Å². The largest absolute Gasteiger partial charge is 0.0999 e. The van der Waals surface area contributed by atoms with Crippen LogP contribution < -0.4 is 0 Å². The molecule has 0 heteroatoms. The van der Waals surface area contributed by atoms with Crippen molar-refractivity contribution in [1.29, 1.82) is 0 Å². The summed E-state index contributed by atoms with van der Waals surface area (Å²) in [7, 11) is 0.